The second-order valence-corrected chi connectivity index (χ2v) is 7.78. The Morgan fingerprint density at radius 1 is 1.06 bits per heavy atom. The molecule has 0 radical (unpaired) electrons. The van der Waals surface area contributed by atoms with Crippen molar-refractivity contribution < 1.29 is 32.2 Å². The van der Waals surface area contributed by atoms with E-state index in [9.17, 15) is 22.8 Å². The third-order valence-corrected chi connectivity index (χ3v) is 5.14. The maximum absolute atomic E-state index is 12.4. The molecule has 0 atom stereocenters. The molecule has 1 fully saturated rings. The quantitative estimate of drug-likeness (QED) is 0.523. The lowest BCUT2D eigenvalue weighted by Crippen LogP contribution is -2.47. The van der Waals surface area contributed by atoms with E-state index in [1.807, 2.05) is 12.1 Å². The highest BCUT2D eigenvalue weighted by molar-refractivity contribution is 5.80. The molecule has 2 aromatic rings. The first-order valence-electron chi connectivity index (χ1n) is 10.6. The molecule has 178 valence electrons. The zero-order valence-electron chi connectivity index (χ0n) is 18.3. The third-order valence-electron chi connectivity index (χ3n) is 5.14. The van der Waals surface area contributed by atoms with Crippen molar-refractivity contribution in [2.24, 2.45) is 0 Å². The summed E-state index contributed by atoms with van der Waals surface area (Å²) >= 11 is 0. The molecule has 33 heavy (non-hydrogen) atoms. The minimum absolute atomic E-state index is 0.171. The van der Waals surface area contributed by atoms with Crippen LogP contribution >= 0.6 is 0 Å². The zero-order chi connectivity index (χ0) is 23.8. The maximum atomic E-state index is 12.4. The lowest BCUT2D eigenvalue weighted by atomic mass is 10.1. The van der Waals surface area contributed by atoms with Crippen LogP contribution in [0.2, 0.25) is 0 Å². The molecule has 0 amide bonds. The number of hydrogen-bond donors (Lipinski definition) is 0. The van der Waals surface area contributed by atoms with E-state index >= 15 is 0 Å². The molecule has 1 aliphatic rings. The fourth-order valence-electron chi connectivity index (χ4n) is 3.52. The van der Waals surface area contributed by atoms with Crippen molar-refractivity contribution in [1.29, 1.82) is 0 Å². The number of hydrogen-bond acceptors (Lipinski definition) is 7. The minimum Gasteiger partial charge on any atom is -0.458 e. The smallest absolute Gasteiger partial charge is 0.458 e. The summed E-state index contributed by atoms with van der Waals surface area (Å²) in [6.45, 7) is 5.17. The van der Waals surface area contributed by atoms with Crippen molar-refractivity contribution in [3.8, 4) is 16.9 Å². The van der Waals surface area contributed by atoms with Crippen molar-refractivity contribution in [2.45, 2.75) is 26.1 Å². The second kappa shape index (κ2) is 11.1. The fraction of sp³-hybridized carbons (Fsp3) is 0.435. The van der Waals surface area contributed by atoms with E-state index < -0.39 is 6.36 Å². The molecule has 1 aromatic carbocycles. The highest BCUT2D eigenvalue weighted by Gasteiger charge is 2.31. The molecular formula is C23H26F3N3O4. The van der Waals surface area contributed by atoms with Crippen molar-refractivity contribution in [3.05, 3.63) is 42.6 Å². The summed E-state index contributed by atoms with van der Waals surface area (Å²) in [7, 11) is 0. The van der Waals surface area contributed by atoms with Gasteiger partial charge in [-0.05, 0) is 49.7 Å². The SMILES string of the molecule is CC(=O)COC(=O)CCCN1CCN(c2ccc(-c3cccc(OC(F)(F)F)c3)cn2)CC1. The zero-order valence-corrected chi connectivity index (χ0v) is 18.3. The Balaban J connectivity index is 1.46. The molecule has 0 unspecified atom stereocenters. The number of piperazine rings is 1. The Bertz CT molecular complexity index is 943. The number of benzene rings is 1. The topological polar surface area (TPSA) is 72.0 Å². The summed E-state index contributed by atoms with van der Waals surface area (Å²) in [5.41, 5.74) is 1.28. The molecule has 1 aromatic heterocycles. The van der Waals surface area contributed by atoms with E-state index in [4.69, 9.17) is 4.74 Å². The van der Waals surface area contributed by atoms with Crippen LogP contribution in [0.15, 0.2) is 42.6 Å². The summed E-state index contributed by atoms with van der Waals surface area (Å²) in [4.78, 5) is 31.3. The Morgan fingerprint density at radius 3 is 2.45 bits per heavy atom. The van der Waals surface area contributed by atoms with Gasteiger partial charge in [0.25, 0.3) is 0 Å². The normalized spacial score (nSPS) is 14.7. The van der Waals surface area contributed by atoms with E-state index in [0.717, 1.165) is 38.5 Å². The Kier molecular flexibility index (Phi) is 8.26. The van der Waals surface area contributed by atoms with E-state index in [2.05, 4.69) is 19.5 Å². The van der Waals surface area contributed by atoms with Gasteiger partial charge in [0.05, 0.1) is 0 Å². The number of carbonyl (C=O) groups is 2. The molecule has 0 saturated carbocycles. The molecule has 0 N–H and O–H groups in total. The first-order chi connectivity index (χ1) is 15.7. The average Bonchev–Trinajstić information content (AvgIpc) is 2.77. The van der Waals surface area contributed by atoms with Crippen LogP contribution in [0.1, 0.15) is 19.8 Å². The van der Waals surface area contributed by atoms with Crippen LogP contribution in [0.5, 0.6) is 5.75 Å². The number of halogens is 3. The summed E-state index contributed by atoms with van der Waals surface area (Å²) in [5.74, 6) is -0.00467. The number of esters is 1. The fourth-order valence-corrected chi connectivity index (χ4v) is 3.52. The molecule has 0 bridgehead atoms. The van der Waals surface area contributed by atoms with Crippen LogP contribution in [0.4, 0.5) is 19.0 Å². The summed E-state index contributed by atoms with van der Waals surface area (Å²) in [6.07, 6.45) is -2.14. The number of pyridine rings is 1. The van der Waals surface area contributed by atoms with E-state index in [1.165, 1.54) is 25.1 Å². The van der Waals surface area contributed by atoms with Gasteiger partial charge >= 0.3 is 12.3 Å². The number of nitrogens with zero attached hydrogens (tertiary/aromatic N) is 3. The lowest BCUT2D eigenvalue weighted by Gasteiger charge is -2.35. The molecule has 0 spiro atoms. The largest absolute Gasteiger partial charge is 0.573 e. The first-order valence-corrected chi connectivity index (χ1v) is 10.6. The van der Waals surface area contributed by atoms with Crippen LogP contribution in [0, 0.1) is 0 Å². The van der Waals surface area contributed by atoms with Gasteiger partial charge in [-0.15, -0.1) is 13.2 Å². The predicted molar refractivity (Wildman–Crippen MR) is 116 cm³/mol. The van der Waals surface area contributed by atoms with Gasteiger partial charge in [0.15, 0.2) is 5.78 Å². The van der Waals surface area contributed by atoms with Crippen molar-refractivity contribution in [1.82, 2.24) is 9.88 Å². The number of carbonyl (C=O) groups excluding carboxylic acids is 2. The molecule has 1 aliphatic heterocycles. The van der Waals surface area contributed by atoms with E-state index in [0.29, 0.717) is 17.5 Å². The van der Waals surface area contributed by atoms with Crippen LogP contribution in [0.3, 0.4) is 0 Å². The Morgan fingerprint density at radius 2 is 1.82 bits per heavy atom. The van der Waals surface area contributed by atoms with Gasteiger partial charge in [0.2, 0.25) is 0 Å². The van der Waals surface area contributed by atoms with Crippen LogP contribution < -0.4 is 9.64 Å². The Labute approximate surface area is 190 Å². The number of rotatable bonds is 9. The van der Waals surface area contributed by atoms with Gasteiger partial charge in [-0.1, -0.05) is 12.1 Å². The van der Waals surface area contributed by atoms with Crippen LogP contribution in [-0.2, 0) is 14.3 Å². The molecule has 7 nitrogen and oxygen atoms in total. The summed E-state index contributed by atoms with van der Waals surface area (Å²) in [6, 6.07) is 9.48. The maximum Gasteiger partial charge on any atom is 0.573 e. The molecular weight excluding hydrogens is 439 g/mol. The molecule has 1 saturated heterocycles. The third kappa shape index (κ3) is 8.05. The molecule has 0 aliphatic carbocycles. The molecule has 3 rings (SSSR count). The summed E-state index contributed by atoms with van der Waals surface area (Å²) < 4.78 is 46.2. The lowest BCUT2D eigenvalue weighted by molar-refractivity contribution is -0.274. The Hall–Kier alpha value is -3.14. The molecule has 2 heterocycles. The van der Waals surface area contributed by atoms with E-state index in [-0.39, 0.29) is 30.5 Å². The van der Waals surface area contributed by atoms with Gasteiger partial charge in [-0.2, -0.15) is 0 Å². The van der Waals surface area contributed by atoms with Gasteiger partial charge in [0.1, 0.15) is 18.2 Å². The monoisotopic (exact) mass is 465 g/mol. The van der Waals surface area contributed by atoms with Crippen LogP contribution in [0.25, 0.3) is 11.1 Å². The predicted octanol–water partition coefficient (Wildman–Crippen LogP) is 3.68. The standard InChI is InChI=1S/C23H26F3N3O4/c1-17(30)16-32-22(31)6-3-9-28-10-12-29(13-11-28)21-8-7-19(15-27-21)18-4-2-5-20(14-18)33-23(24,25)26/h2,4-5,7-8,14-15H,3,6,9-13,16H2,1H3. The van der Waals surface area contributed by atoms with Crippen molar-refractivity contribution >= 4 is 17.6 Å². The van der Waals surface area contributed by atoms with Crippen molar-refractivity contribution in [3.63, 3.8) is 0 Å². The van der Waals surface area contributed by atoms with Gasteiger partial charge in [-0.3, -0.25) is 14.5 Å². The van der Waals surface area contributed by atoms with Gasteiger partial charge in [-0.25, -0.2) is 4.98 Å². The number of alkyl halides is 3. The average molecular weight is 465 g/mol. The van der Waals surface area contributed by atoms with Gasteiger partial charge in [0, 0.05) is 44.4 Å². The van der Waals surface area contributed by atoms with Crippen LogP contribution in [-0.4, -0.2) is 67.3 Å². The highest BCUT2D eigenvalue weighted by atomic mass is 19.4. The molecule has 10 heteroatoms. The number of anilines is 1. The van der Waals surface area contributed by atoms with Gasteiger partial charge < -0.3 is 14.4 Å². The number of Topliss-reactive ketones (excluding diaryl/α,β-unsaturated/α-hetero) is 1. The van der Waals surface area contributed by atoms with Crippen molar-refractivity contribution in [2.75, 3.05) is 44.2 Å². The second-order valence-electron chi connectivity index (χ2n) is 7.78. The van der Waals surface area contributed by atoms with E-state index in [1.54, 1.807) is 12.3 Å². The summed E-state index contributed by atoms with van der Waals surface area (Å²) in [5, 5.41) is 0. The number of ether oxygens (including phenoxy) is 2. The first kappa shape index (κ1) is 24.5. The highest BCUT2D eigenvalue weighted by Crippen LogP contribution is 2.28. The minimum atomic E-state index is -4.73. The number of aromatic nitrogens is 1. The number of ketones is 1.